The van der Waals surface area contributed by atoms with Gasteiger partial charge >= 0.3 is 5.69 Å². The normalized spacial score (nSPS) is 19.2. The molecule has 2 N–H and O–H groups in total. The van der Waals surface area contributed by atoms with Crippen molar-refractivity contribution in [1.29, 1.82) is 0 Å². The minimum absolute atomic E-state index is 0.0449. The van der Waals surface area contributed by atoms with Crippen molar-refractivity contribution in [3.8, 4) is 0 Å². The van der Waals surface area contributed by atoms with Crippen LogP contribution in [0.15, 0.2) is 81.5 Å². The minimum Gasteiger partial charge on any atom is -0.344 e. The van der Waals surface area contributed by atoms with Crippen LogP contribution in [0.4, 0.5) is 5.82 Å². The highest BCUT2D eigenvalue weighted by Gasteiger charge is 2.42. The number of aromatic amines is 1. The quantitative estimate of drug-likeness (QED) is 0.666. The topological polar surface area (TPSA) is 84.0 Å². The Bertz CT molecular complexity index is 1350. The molecule has 0 amide bonds. The molecule has 2 aromatic carbocycles. The number of allylic oxidation sites excluding steroid dienone is 2. The molecule has 6 nitrogen and oxygen atoms in total. The third-order valence-corrected chi connectivity index (χ3v) is 6.32. The van der Waals surface area contributed by atoms with Crippen molar-refractivity contribution >= 4 is 11.6 Å². The number of nitrogens with one attached hydrogen (secondary N) is 2. The summed E-state index contributed by atoms with van der Waals surface area (Å²) >= 11 is 0. The summed E-state index contributed by atoms with van der Waals surface area (Å²) in [6.45, 7) is 4.45. The molecule has 0 fully saturated rings. The average molecular weight is 428 g/mol. The Morgan fingerprint density at radius 3 is 2.28 bits per heavy atom. The highest BCUT2D eigenvalue weighted by Crippen LogP contribution is 2.47. The summed E-state index contributed by atoms with van der Waals surface area (Å²) in [4.78, 5) is 41.8. The van der Waals surface area contributed by atoms with Gasteiger partial charge in [-0.15, -0.1) is 0 Å². The Labute approximate surface area is 185 Å². The van der Waals surface area contributed by atoms with E-state index in [9.17, 15) is 14.4 Å². The van der Waals surface area contributed by atoms with Crippen molar-refractivity contribution in [2.75, 3.05) is 5.32 Å². The van der Waals surface area contributed by atoms with Gasteiger partial charge in [-0.1, -0.05) is 74.5 Å². The number of carbonyl (C=O) groups excluding carboxylic acids is 1. The first-order chi connectivity index (χ1) is 15.3. The van der Waals surface area contributed by atoms with Crippen LogP contribution in [-0.2, 0) is 11.3 Å². The molecule has 1 atom stereocenters. The number of fused-ring (bicyclic) bond motifs is 1. The molecule has 1 aromatic heterocycles. The number of hydrogen-bond acceptors (Lipinski definition) is 4. The van der Waals surface area contributed by atoms with Gasteiger partial charge in [0, 0.05) is 23.6 Å². The highest BCUT2D eigenvalue weighted by atomic mass is 16.2. The van der Waals surface area contributed by atoms with Crippen LogP contribution in [-0.4, -0.2) is 15.3 Å². The van der Waals surface area contributed by atoms with Crippen LogP contribution in [0.2, 0.25) is 0 Å². The predicted molar refractivity (Wildman–Crippen MR) is 124 cm³/mol. The fraction of sp³-hybridized carbons (Fsp3) is 0.269. The number of Topliss-reactive ketones (excluding diaryl/α,β-unsaturated/α-hetero) is 1. The van der Waals surface area contributed by atoms with E-state index in [-0.39, 0.29) is 11.2 Å². The lowest BCUT2D eigenvalue weighted by Gasteiger charge is -2.39. The van der Waals surface area contributed by atoms with Crippen molar-refractivity contribution in [1.82, 2.24) is 9.55 Å². The van der Waals surface area contributed by atoms with E-state index in [1.54, 1.807) is 4.57 Å². The molecule has 1 aliphatic carbocycles. The van der Waals surface area contributed by atoms with Gasteiger partial charge in [0.15, 0.2) is 5.78 Å². The van der Waals surface area contributed by atoms with Crippen molar-refractivity contribution in [3.63, 3.8) is 0 Å². The summed E-state index contributed by atoms with van der Waals surface area (Å²) in [7, 11) is 0. The lowest BCUT2D eigenvalue weighted by atomic mass is 9.69. The smallest absolute Gasteiger partial charge is 0.330 e. The van der Waals surface area contributed by atoms with Crippen LogP contribution in [0.3, 0.4) is 0 Å². The van der Waals surface area contributed by atoms with Gasteiger partial charge in [-0.2, -0.15) is 0 Å². The molecule has 0 radical (unpaired) electrons. The van der Waals surface area contributed by atoms with Gasteiger partial charge < -0.3 is 5.32 Å². The maximum Gasteiger partial charge on any atom is 0.330 e. The van der Waals surface area contributed by atoms with Crippen molar-refractivity contribution < 1.29 is 4.79 Å². The molecule has 162 valence electrons. The molecule has 5 rings (SSSR count). The molecule has 32 heavy (non-hydrogen) atoms. The first kappa shape index (κ1) is 20.2. The first-order valence-corrected chi connectivity index (χ1v) is 10.8. The molecular formula is C26H25N3O3. The number of benzene rings is 2. The van der Waals surface area contributed by atoms with Crippen LogP contribution in [0.1, 0.15) is 49.3 Å². The van der Waals surface area contributed by atoms with E-state index in [2.05, 4.69) is 24.1 Å². The van der Waals surface area contributed by atoms with E-state index in [0.717, 1.165) is 16.8 Å². The standard InChI is InChI=1S/C26H25N3O3/c1-26(2)13-18-21(19(30)14-26)20(17-11-7-4-8-12-17)22-23(27-18)29(25(32)28-24(22)31)15-16-9-5-3-6-10-16/h3-12,20,27H,13-15H2,1-2H3,(H,28,31,32). The van der Waals surface area contributed by atoms with Crippen LogP contribution < -0.4 is 16.6 Å². The summed E-state index contributed by atoms with van der Waals surface area (Å²) in [5.41, 5.74) is 2.54. The van der Waals surface area contributed by atoms with Gasteiger partial charge in [-0.25, -0.2) is 4.79 Å². The monoisotopic (exact) mass is 427 g/mol. The highest BCUT2D eigenvalue weighted by molar-refractivity contribution is 6.01. The number of aromatic nitrogens is 2. The van der Waals surface area contributed by atoms with E-state index in [1.165, 1.54) is 0 Å². The molecule has 3 aromatic rings. The molecule has 0 saturated heterocycles. The number of hydrogen-bond donors (Lipinski definition) is 2. The number of H-pyrrole nitrogens is 1. The van der Waals surface area contributed by atoms with Crippen LogP contribution >= 0.6 is 0 Å². The maximum atomic E-state index is 13.3. The van der Waals surface area contributed by atoms with Crippen molar-refractivity contribution in [2.24, 2.45) is 5.41 Å². The summed E-state index contributed by atoms with van der Waals surface area (Å²) < 4.78 is 1.57. The second-order valence-corrected chi connectivity index (χ2v) is 9.40. The Morgan fingerprint density at radius 1 is 0.938 bits per heavy atom. The minimum atomic E-state index is -0.516. The van der Waals surface area contributed by atoms with Gasteiger partial charge in [0.2, 0.25) is 0 Å². The van der Waals surface area contributed by atoms with Crippen molar-refractivity contribution in [2.45, 2.75) is 39.2 Å². The Balaban J connectivity index is 1.77. The number of nitrogens with zero attached hydrogens (tertiary/aromatic N) is 1. The Hall–Kier alpha value is -3.67. The molecule has 2 aliphatic rings. The van der Waals surface area contributed by atoms with E-state index in [1.807, 2.05) is 60.7 Å². The number of rotatable bonds is 3. The Morgan fingerprint density at radius 2 is 1.59 bits per heavy atom. The molecule has 0 saturated carbocycles. The van der Waals surface area contributed by atoms with Gasteiger partial charge in [-0.05, 0) is 23.0 Å². The zero-order chi connectivity index (χ0) is 22.5. The molecular weight excluding hydrogens is 402 g/mol. The zero-order valence-corrected chi connectivity index (χ0v) is 18.1. The number of ketones is 1. The van der Waals surface area contributed by atoms with Gasteiger partial charge in [-0.3, -0.25) is 19.1 Å². The van der Waals surface area contributed by atoms with Gasteiger partial charge in [0.25, 0.3) is 5.56 Å². The van der Waals surface area contributed by atoms with E-state index in [4.69, 9.17) is 0 Å². The lowest BCUT2D eigenvalue weighted by Crippen LogP contribution is -2.42. The molecule has 2 heterocycles. The van der Waals surface area contributed by atoms with Crippen molar-refractivity contribution in [3.05, 3.63) is 109 Å². The summed E-state index contributed by atoms with van der Waals surface area (Å²) in [6.07, 6.45) is 1.09. The van der Waals surface area contributed by atoms with Gasteiger partial charge in [0.05, 0.1) is 12.1 Å². The Kier molecular flexibility index (Phi) is 4.73. The first-order valence-electron chi connectivity index (χ1n) is 10.8. The third kappa shape index (κ3) is 3.42. The fourth-order valence-electron chi connectivity index (χ4n) is 4.95. The third-order valence-electron chi connectivity index (χ3n) is 6.32. The lowest BCUT2D eigenvalue weighted by molar-refractivity contribution is -0.118. The fourth-order valence-corrected chi connectivity index (χ4v) is 4.95. The summed E-state index contributed by atoms with van der Waals surface area (Å²) in [6, 6.07) is 19.2. The average Bonchev–Trinajstić information content (AvgIpc) is 2.75. The molecule has 1 aliphatic heterocycles. The molecule has 6 heteroatoms. The largest absolute Gasteiger partial charge is 0.344 e. The van der Waals surface area contributed by atoms with E-state index < -0.39 is 17.2 Å². The molecule has 0 spiro atoms. The second-order valence-electron chi connectivity index (χ2n) is 9.40. The molecule has 0 bridgehead atoms. The molecule has 1 unspecified atom stereocenters. The second kappa shape index (κ2) is 7.48. The zero-order valence-electron chi connectivity index (χ0n) is 18.1. The summed E-state index contributed by atoms with van der Waals surface area (Å²) in [5, 5.41) is 3.36. The van der Waals surface area contributed by atoms with E-state index in [0.29, 0.717) is 36.3 Å². The predicted octanol–water partition coefficient (Wildman–Crippen LogP) is 3.79. The number of anilines is 1. The van der Waals surface area contributed by atoms with Crippen LogP contribution in [0.25, 0.3) is 0 Å². The SMILES string of the molecule is CC1(C)CC(=O)C2=C(C1)Nc1c(c(=O)[nH]c(=O)n1Cc1ccccc1)C2c1ccccc1. The van der Waals surface area contributed by atoms with Gasteiger partial charge in [0.1, 0.15) is 5.82 Å². The summed E-state index contributed by atoms with van der Waals surface area (Å²) in [5.74, 6) is 0.00147. The number of carbonyl (C=O) groups is 1. The van der Waals surface area contributed by atoms with E-state index >= 15 is 0 Å². The van der Waals surface area contributed by atoms with Crippen LogP contribution in [0.5, 0.6) is 0 Å². The van der Waals surface area contributed by atoms with Crippen LogP contribution in [0, 0.1) is 5.41 Å². The maximum absolute atomic E-state index is 13.3.